The summed E-state index contributed by atoms with van der Waals surface area (Å²) in [5.41, 5.74) is 3.20. The van der Waals surface area contributed by atoms with Gasteiger partial charge in [0.05, 0.1) is 15.8 Å². The number of nitrogens with zero attached hydrogens (tertiary/aromatic N) is 3. The Morgan fingerprint density at radius 3 is 2.90 bits per heavy atom. The van der Waals surface area contributed by atoms with Crippen molar-refractivity contribution >= 4 is 32.6 Å². The van der Waals surface area contributed by atoms with Gasteiger partial charge in [0.15, 0.2) is 5.13 Å². The molecule has 0 aliphatic heterocycles. The lowest BCUT2D eigenvalue weighted by Crippen LogP contribution is -2.04. The van der Waals surface area contributed by atoms with Crippen LogP contribution in [0.5, 0.6) is 0 Å². The Bertz CT molecular complexity index is 879. The lowest BCUT2D eigenvalue weighted by Gasteiger charge is -2.01. The van der Waals surface area contributed by atoms with E-state index in [4.69, 9.17) is 5.26 Å². The number of hydrogen-bond donors (Lipinski definition) is 1. The third-order valence-corrected chi connectivity index (χ3v) is 3.81. The van der Waals surface area contributed by atoms with Gasteiger partial charge in [0.25, 0.3) is 0 Å². The summed E-state index contributed by atoms with van der Waals surface area (Å²) in [7, 11) is 0. The summed E-state index contributed by atoms with van der Waals surface area (Å²) >= 11 is 1.42. The van der Waals surface area contributed by atoms with Gasteiger partial charge in [-0.25, -0.2) is 4.98 Å². The summed E-state index contributed by atoms with van der Waals surface area (Å²) in [6.07, 6.45) is 3.25. The molecule has 0 atom stereocenters. The molecular formula is C15H10N4OS. The number of rotatable bonds is 2. The highest BCUT2D eigenvalue weighted by atomic mass is 32.1. The number of anilines is 1. The molecule has 6 heteroatoms. The van der Waals surface area contributed by atoms with Crippen molar-refractivity contribution in [3.05, 3.63) is 42.2 Å². The van der Waals surface area contributed by atoms with Crippen LogP contribution in [0.25, 0.3) is 21.3 Å². The van der Waals surface area contributed by atoms with Gasteiger partial charge in [-0.15, -0.1) is 0 Å². The van der Waals surface area contributed by atoms with Crippen LogP contribution in [0, 0.1) is 11.3 Å². The van der Waals surface area contributed by atoms with Gasteiger partial charge in [-0.2, -0.15) is 5.26 Å². The number of carbonyl (C=O) groups is 1. The van der Waals surface area contributed by atoms with Crippen LogP contribution in [0.4, 0.5) is 5.13 Å². The number of benzene rings is 1. The number of hydrogen-bond acceptors (Lipinski definition) is 5. The molecule has 102 valence electrons. The first-order valence-corrected chi connectivity index (χ1v) is 7.01. The maximum absolute atomic E-state index is 11.1. The Morgan fingerprint density at radius 1 is 1.29 bits per heavy atom. The Balaban J connectivity index is 2.04. The molecule has 0 saturated carbocycles. The summed E-state index contributed by atoms with van der Waals surface area (Å²) < 4.78 is 0.971. The first kappa shape index (κ1) is 13.2. The van der Waals surface area contributed by atoms with Crippen molar-refractivity contribution in [3.63, 3.8) is 0 Å². The van der Waals surface area contributed by atoms with Gasteiger partial charge in [0, 0.05) is 24.9 Å². The molecule has 0 spiro atoms. The number of fused-ring (bicyclic) bond motifs is 1. The zero-order chi connectivity index (χ0) is 14.8. The molecule has 1 N–H and O–H groups in total. The van der Waals surface area contributed by atoms with E-state index in [0.717, 1.165) is 21.3 Å². The molecule has 21 heavy (non-hydrogen) atoms. The monoisotopic (exact) mass is 294 g/mol. The zero-order valence-corrected chi connectivity index (χ0v) is 11.9. The topological polar surface area (TPSA) is 78.7 Å². The van der Waals surface area contributed by atoms with Crippen molar-refractivity contribution in [2.45, 2.75) is 6.92 Å². The third-order valence-electron chi connectivity index (χ3n) is 2.87. The van der Waals surface area contributed by atoms with E-state index >= 15 is 0 Å². The van der Waals surface area contributed by atoms with E-state index in [1.165, 1.54) is 24.5 Å². The van der Waals surface area contributed by atoms with Crippen molar-refractivity contribution in [2.24, 2.45) is 0 Å². The van der Waals surface area contributed by atoms with Crippen LogP contribution in [-0.4, -0.2) is 15.9 Å². The van der Waals surface area contributed by atoms with Crippen LogP contribution in [-0.2, 0) is 4.79 Å². The van der Waals surface area contributed by atoms with Crippen LogP contribution >= 0.6 is 11.3 Å². The molecule has 0 bridgehead atoms. The highest BCUT2D eigenvalue weighted by molar-refractivity contribution is 7.22. The number of pyridine rings is 1. The minimum atomic E-state index is -0.139. The first-order valence-electron chi connectivity index (χ1n) is 6.19. The highest BCUT2D eigenvalue weighted by Gasteiger charge is 2.07. The molecular weight excluding hydrogens is 284 g/mol. The largest absolute Gasteiger partial charge is 0.302 e. The average Bonchev–Trinajstić information content (AvgIpc) is 2.87. The first-order chi connectivity index (χ1) is 10.2. The summed E-state index contributed by atoms with van der Waals surface area (Å²) in [4.78, 5) is 19.5. The van der Waals surface area contributed by atoms with Gasteiger partial charge >= 0.3 is 0 Å². The van der Waals surface area contributed by atoms with Gasteiger partial charge in [0.2, 0.25) is 5.91 Å². The second-order valence-corrected chi connectivity index (χ2v) is 5.49. The Hall–Kier alpha value is -2.78. The Morgan fingerprint density at radius 2 is 2.14 bits per heavy atom. The Labute approximate surface area is 124 Å². The van der Waals surface area contributed by atoms with Gasteiger partial charge in [-0.1, -0.05) is 17.4 Å². The lowest BCUT2D eigenvalue weighted by molar-refractivity contribution is -0.114. The van der Waals surface area contributed by atoms with Crippen LogP contribution in [0.1, 0.15) is 12.5 Å². The molecule has 2 aromatic heterocycles. The SMILES string of the molecule is CC(=O)Nc1nc2ccc(-c3cncc(C#N)c3)cc2s1. The predicted molar refractivity (Wildman–Crippen MR) is 81.9 cm³/mol. The smallest absolute Gasteiger partial charge is 0.223 e. The zero-order valence-electron chi connectivity index (χ0n) is 11.1. The predicted octanol–water partition coefficient (Wildman–Crippen LogP) is 3.19. The van der Waals surface area contributed by atoms with Crippen molar-refractivity contribution < 1.29 is 4.79 Å². The summed E-state index contributed by atoms with van der Waals surface area (Å²) in [6.45, 7) is 1.45. The lowest BCUT2D eigenvalue weighted by atomic mass is 10.1. The van der Waals surface area contributed by atoms with Crippen molar-refractivity contribution in [1.82, 2.24) is 9.97 Å². The minimum Gasteiger partial charge on any atom is -0.302 e. The van der Waals surface area contributed by atoms with Crippen molar-refractivity contribution in [3.8, 4) is 17.2 Å². The van der Waals surface area contributed by atoms with E-state index in [1.807, 2.05) is 18.2 Å². The van der Waals surface area contributed by atoms with Gasteiger partial charge in [-0.05, 0) is 23.8 Å². The van der Waals surface area contributed by atoms with Gasteiger partial charge in [0.1, 0.15) is 6.07 Å². The number of nitriles is 1. The average molecular weight is 294 g/mol. The number of nitrogens with one attached hydrogen (secondary N) is 1. The van der Waals surface area contributed by atoms with Gasteiger partial charge in [-0.3, -0.25) is 9.78 Å². The fourth-order valence-electron chi connectivity index (χ4n) is 1.97. The highest BCUT2D eigenvalue weighted by Crippen LogP contribution is 2.30. The molecule has 3 aromatic rings. The van der Waals surface area contributed by atoms with E-state index in [2.05, 4.69) is 21.4 Å². The van der Waals surface area contributed by atoms with Gasteiger partial charge < -0.3 is 5.32 Å². The summed E-state index contributed by atoms with van der Waals surface area (Å²) in [6, 6.07) is 9.68. The maximum Gasteiger partial charge on any atom is 0.223 e. The fraction of sp³-hybridized carbons (Fsp3) is 0.0667. The van der Waals surface area contributed by atoms with Crippen LogP contribution < -0.4 is 5.32 Å². The van der Waals surface area contributed by atoms with E-state index in [1.54, 1.807) is 12.3 Å². The number of aromatic nitrogens is 2. The van der Waals surface area contributed by atoms with Crippen LogP contribution in [0.2, 0.25) is 0 Å². The van der Waals surface area contributed by atoms with E-state index in [9.17, 15) is 4.79 Å². The molecule has 0 radical (unpaired) electrons. The molecule has 0 unspecified atom stereocenters. The molecule has 1 amide bonds. The fourth-order valence-corrected chi connectivity index (χ4v) is 2.92. The maximum atomic E-state index is 11.1. The number of amides is 1. The normalized spacial score (nSPS) is 10.3. The summed E-state index contributed by atoms with van der Waals surface area (Å²) in [5.74, 6) is -0.139. The number of thiazole rings is 1. The molecule has 1 aromatic carbocycles. The molecule has 3 rings (SSSR count). The summed E-state index contributed by atoms with van der Waals surface area (Å²) in [5, 5.41) is 12.2. The van der Waals surface area contributed by atoms with Crippen LogP contribution in [0.3, 0.4) is 0 Å². The molecule has 2 heterocycles. The van der Waals surface area contributed by atoms with E-state index < -0.39 is 0 Å². The van der Waals surface area contributed by atoms with E-state index in [0.29, 0.717) is 10.7 Å². The quantitative estimate of drug-likeness (QED) is 0.787. The molecule has 0 aliphatic carbocycles. The van der Waals surface area contributed by atoms with Crippen molar-refractivity contribution in [1.29, 1.82) is 5.26 Å². The third kappa shape index (κ3) is 2.73. The minimum absolute atomic E-state index is 0.139. The van der Waals surface area contributed by atoms with Crippen molar-refractivity contribution in [2.75, 3.05) is 5.32 Å². The van der Waals surface area contributed by atoms with E-state index in [-0.39, 0.29) is 5.91 Å². The molecule has 5 nitrogen and oxygen atoms in total. The standard InChI is InChI=1S/C15H10N4OS/c1-9(20)18-15-19-13-3-2-11(5-14(13)21-15)12-4-10(6-16)7-17-8-12/h2-5,7-8H,1H3,(H,18,19,20). The molecule has 0 fully saturated rings. The molecule has 0 aliphatic rings. The number of carbonyl (C=O) groups excluding carboxylic acids is 1. The van der Waals surface area contributed by atoms with Crippen LogP contribution in [0.15, 0.2) is 36.7 Å². The second kappa shape index (κ2) is 5.31. The second-order valence-electron chi connectivity index (χ2n) is 4.46. The Kier molecular flexibility index (Phi) is 3.34. The molecule has 0 saturated heterocycles.